The number of halogens is 3. The van der Waals surface area contributed by atoms with Crippen LogP contribution in [0.3, 0.4) is 0 Å². The van der Waals surface area contributed by atoms with Crippen LogP contribution in [-0.2, 0) is 0 Å². The highest BCUT2D eigenvalue weighted by Crippen LogP contribution is 2.40. The molecular weight excluding hydrogens is 283 g/mol. The third kappa shape index (κ3) is 4.54. The number of hydrogen-bond donors (Lipinski definition) is 2. The fourth-order valence-electron chi connectivity index (χ4n) is 2.20. The highest BCUT2D eigenvalue weighted by Gasteiger charge is 2.39. The Morgan fingerprint density at radius 1 is 1.38 bits per heavy atom. The average molecular weight is 301 g/mol. The molecule has 1 aliphatic rings. The van der Waals surface area contributed by atoms with Gasteiger partial charge < -0.3 is 15.8 Å². The summed E-state index contributed by atoms with van der Waals surface area (Å²) in [5.74, 6) is 0.778. The molecule has 1 aromatic carbocycles. The lowest BCUT2D eigenvalue weighted by Crippen LogP contribution is -2.25. The molecule has 2 atom stereocenters. The molecule has 116 valence electrons. The van der Waals surface area contributed by atoms with E-state index >= 15 is 0 Å². The SMILES string of the molecule is CC(C)[C@@H]1C[C@H]1N=C(N)Nc1ccccc1OC(F)(F)F. The Labute approximate surface area is 121 Å². The Hall–Kier alpha value is -1.92. The number of aliphatic imine (C=N–C) groups is 1. The van der Waals surface area contributed by atoms with Crippen LogP contribution in [0.4, 0.5) is 18.9 Å². The van der Waals surface area contributed by atoms with Crippen molar-refractivity contribution in [3.05, 3.63) is 24.3 Å². The molecule has 0 aromatic heterocycles. The number of benzene rings is 1. The van der Waals surface area contributed by atoms with E-state index in [-0.39, 0.29) is 23.4 Å². The van der Waals surface area contributed by atoms with Gasteiger partial charge in [-0.05, 0) is 30.4 Å². The number of guanidine groups is 1. The van der Waals surface area contributed by atoms with E-state index in [9.17, 15) is 13.2 Å². The zero-order chi connectivity index (χ0) is 15.6. The minimum atomic E-state index is -4.75. The van der Waals surface area contributed by atoms with Crippen molar-refractivity contribution >= 4 is 11.6 Å². The number of para-hydroxylation sites is 2. The Morgan fingerprint density at radius 2 is 2.05 bits per heavy atom. The summed E-state index contributed by atoms with van der Waals surface area (Å²) in [6.07, 6.45) is -3.79. The highest BCUT2D eigenvalue weighted by atomic mass is 19.4. The van der Waals surface area contributed by atoms with Gasteiger partial charge in [-0.2, -0.15) is 0 Å². The van der Waals surface area contributed by atoms with E-state index in [1.54, 1.807) is 6.07 Å². The summed E-state index contributed by atoms with van der Waals surface area (Å²) < 4.78 is 40.9. The fourth-order valence-corrected chi connectivity index (χ4v) is 2.20. The Balaban J connectivity index is 2.04. The summed E-state index contributed by atoms with van der Waals surface area (Å²) in [4.78, 5) is 4.27. The number of anilines is 1. The van der Waals surface area contributed by atoms with E-state index in [0.717, 1.165) is 6.42 Å². The highest BCUT2D eigenvalue weighted by molar-refractivity contribution is 5.93. The maximum Gasteiger partial charge on any atom is 0.573 e. The van der Waals surface area contributed by atoms with E-state index < -0.39 is 6.36 Å². The van der Waals surface area contributed by atoms with Crippen LogP contribution in [-0.4, -0.2) is 18.4 Å². The first kappa shape index (κ1) is 15.5. The van der Waals surface area contributed by atoms with Crippen molar-refractivity contribution in [3.63, 3.8) is 0 Å². The molecule has 1 aromatic rings. The second kappa shape index (κ2) is 5.83. The molecule has 0 aliphatic heterocycles. The third-order valence-electron chi connectivity index (χ3n) is 3.34. The summed E-state index contributed by atoms with van der Waals surface area (Å²) in [7, 11) is 0. The van der Waals surface area contributed by atoms with Crippen molar-refractivity contribution in [3.8, 4) is 5.75 Å². The number of alkyl halides is 3. The topological polar surface area (TPSA) is 59.6 Å². The van der Waals surface area contributed by atoms with Crippen molar-refractivity contribution in [2.45, 2.75) is 32.7 Å². The van der Waals surface area contributed by atoms with Crippen LogP contribution in [0, 0.1) is 11.8 Å². The largest absolute Gasteiger partial charge is 0.573 e. The van der Waals surface area contributed by atoms with Crippen LogP contribution >= 0.6 is 0 Å². The van der Waals surface area contributed by atoms with Crippen molar-refractivity contribution in [2.24, 2.45) is 22.6 Å². The molecule has 0 radical (unpaired) electrons. The maximum absolute atomic E-state index is 12.3. The minimum Gasteiger partial charge on any atom is -0.404 e. The second-order valence-electron chi connectivity index (χ2n) is 5.39. The number of rotatable bonds is 4. The lowest BCUT2D eigenvalue weighted by Gasteiger charge is -2.14. The zero-order valence-corrected chi connectivity index (χ0v) is 11.8. The molecule has 0 spiro atoms. The average Bonchev–Trinajstić information content (AvgIpc) is 3.09. The molecule has 4 nitrogen and oxygen atoms in total. The molecule has 21 heavy (non-hydrogen) atoms. The summed E-state index contributed by atoms with van der Waals surface area (Å²) in [5.41, 5.74) is 5.88. The van der Waals surface area contributed by atoms with Crippen molar-refractivity contribution in [2.75, 3.05) is 5.32 Å². The van der Waals surface area contributed by atoms with Gasteiger partial charge in [-0.3, -0.25) is 0 Å². The number of nitrogens with one attached hydrogen (secondary N) is 1. The number of nitrogens with two attached hydrogens (primary N) is 1. The Kier molecular flexibility index (Phi) is 4.29. The maximum atomic E-state index is 12.3. The molecule has 0 saturated heterocycles. The first-order valence-electron chi connectivity index (χ1n) is 6.71. The molecule has 0 unspecified atom stereocenters. The third-order valence-corrected chi connectivity index (χ3v) is 3.34. The summed E-state index contributed by atoms with van der Waals surface area (Å²) in [5, 5.41) is 2.67. The van der Waals surface area contributed by atoms with Crippen LogP contribution in [0.2, 0.25) is 0 Å². The molecule has 3 N–H and O–H groups in total. The van der Waals surface area contributed by atoms with Crippen LogP contribution < -0.4 is 15.8 Å². The quantitative estimate of drug-likeness (QED) is 0.662. The van der Waals surface area contributed by atoms with Gasteiger partial charge >= 0.3 is 6.36 Å². The van der Waals surface area contributed by atoms with Crippen LogP contribution in [0.1, 0.15) is 20.3 Å². The number of ether oxygens (including phenoxy) is 1. The number of hydrogen-bond acceptors (Lipinski definition) is 2. The molecule has 1 fully saturated rings. The van der Waals surface area contributed by atoms with Gasteiger partial charge in [0.2, 0.25) is 0 Å². The van der Waals surface area contributed by atoms with Gasteiger partial charge in [-0.25, -0.2) is 4.99 Å². The molecular formula is C14H18F3N3O. The van der Waals surface area contributed by atoms with Crippen LogP contribution in [0.25, 0.3) is 0 Å². The van der Waals surface area contributed by atoms with Crippen molar-refractivity contribution in [1.29, 1.82) is 0 Å². The standard InChI is InChI=1S/C14H18F3N3O/c1-8(2)9-7-11(9)20-13(18)19-10-5-3-4-6-12(10)21-14(15,16)17/h3-6,8-9,11H,7H2,1-2H3,(H3,18,19,20)/t9-,11+/m0/s1. The van der Waals surface area contributed by atoms with Crippen molar-refractivity contribution < 1.29 is 17.9 Å². The van der Waals surface area contributed by atoms with E-state index in [0.29, 0.717) is 11.8 Å². The first-order valence-corrected chi connectivity index (χ1v) is 6.71. The number of nitrogens with zero attached hydrogens (tertiary/aromatic N) is 1. The molecule has 2 rings (SSSR count). The lowest BCUT2D eigenvalue weighted by molar-refractivity contribution is -0.274. The normalized spacial score (nSPS) is 22.3. The van der Waals surface area contributed by atoms with Crippen LogP contribution in [0.15, 0.2) is 29.3 Å². The van der Waals surface area contributed by atoms with Gasteiger partial charge in [-0.1, -0.05) is 26.0 Å². The van der Waals surface area contributed by atoms with Gasteiger partial charge in [0, 0.05) is 0 Å². The molecule has 0 amide bonds. The van der Waals surface area contributed by atoms with E-state index in [4.69, 9.17) is 5.73 Å². The van der Waals surface area contributed by atoms with Crippen molar-refractivity contribution in [1.82, 2.24) is 0 Å². The summed E-state index contributed by atoms with van der Waals surface area (Å²) in [6.45, 7) is 4.21. The molecule has 7 heteroatoms. The van der Waals surface area contributed by atoms with Crippen LogP contribution in [0.5, 0.6) is 5.75 Å². The Bertz CT molecular complexity index is 528. The summed E-state index contributed by atoms with van der Waals surface area (Å²) >= 11 is 0. The summed E-state index contributed by atoms with van der Waals surface area (Å²) in [6, 6.07) is 5.86. The van der Waals surface area contributed by atoms with E-state index in [1.807, 2.05) is 0 Å². The molecule has 1 saturated carbocycles. The monoisotopic (exact) mass is 301 g/mol. The predicted molar refractivity (Wildman–Crippen MR) is 75.1 cm³/mol. The smallest absolute Gasteiger partial charge is 0.404 e. The van der Waals surface area contributed by atoms with Gasteiger partial charge in [0.05, 0.1) is 11.7 Å². The molecule has 0 heterocycles. The zero-order valence-electron chi connectivity index (χ0n) is 11.8. The first-order chi connectivity index (χ1) is 9.76. The molecule has 1 aliphatic carbocycles. The van der Waals surface area contributed by atoms with Gasteiger partial charge in [0.15, 0.2) is 11.7 Å². The van der Waals surface area contributed by atoms with Gasteiger partial charge in [0.25, 0.3) is 0 Å². The minimum absolute atomic E-state index is 0.0985. The van der Waals surface area contributed by atoms with Gasteiger partial charge in [0.1, 0.15) is 0 Å². The fraction of sp³-hybridized carbons (Fsp3) is 0.500. The molecule has 0 bridgehead atoms. The van der Waals surface area contributed by atoms with Gasteiger partial charge in [-0.15, -0.1) is 13.2 Å². The predicted octanol–water partition coefficient (Wildman–Crippen LogP) is 3.36. The lowest BCUT2D eigenvalue weighted by atomic mass is 10.1. The van der Waals surface area contributed by atoms with E-state index in [1.165, 1.54) is 18.2 Å². The van der Waals surface area contributed by atoms with E-state index in [2.05, 4.69) is 28.9 Å². The second-order valence-corrected chi connectivity index (χ2v) is 5.39. The Morgan fingerprint density at radius 3 is 2.62 bits per heavy atom.